The number of nitrogens with zero attached hydrogens (tertiary/aromatic N) is 2. The highest BCUT2D eigenvalue weighted by Gasteiger charge is 2.28. The molecular weight excluding hydrogens is 276 g/mol. The summed E-state index contributed by atoms with van der Waals surface area (Å²) in [7, 11) is 0. The summed E-state index contributed by atoms with van der Waals surface area (Å²) in [5, 5.41) is 10.7. The Balaban J connectivity index is 2.23. The molecule has 1 aliphatic rings. The summed E-state index contributed by atoms with van der Waals surface area (Å²) in [5.41, 5.74) is 4.78. The van der Waals surface area contributed by atoms with Gasteiger partial charge in [-0.25, -0.2) is 4.79 Å². The van der Waals surface area contributed by atoms with Crippen molar-refractivity contribution in [2.75, 3.05) is 6.54 Å². The number of rotatable bonds is 3. The van der Waals surface area contributed by atoms with Crippen molar-refractivity contribution in [3.63, 3.8) is 0 Å². The maximum atomic E-state index is 11.5. The van der Waals surface area contributed by atoms with Gasteiger partial charge in [0.15, 0.2) is 0 Å². The van der Waals surface area contributed by atoms with E-state index >= 15 is 0 Å². The Morgan fingerprint density at radius 2 is 2.00 bits per heavy atom. The second kappa shape index (κ2) is 5.43. The minimum absolute atomic E-state index is 0.508. The van der Waals surface area contributed by atoms with Crippen LogP contribution in [0.3, 0.4) is 0 Å². The third-order valence-corrected chi connectivity index (χ3v) is 4.85. The molecule has 1 aromatic heterocycles. The highest BCUT2D eigenvalue weighted by Crippen LogP contribution is 2.34. The zero-order valence-corrected chi connectivity index (χ0v) is 13.8. The lowest BCUT2D eigenvalue weighted by Gasteiger charge is -2.31. The van der Waals surface area contributed by atoms with Crippen LogP contribution in [-0.4, -0.2) is 33.1 Å². The smallest absolute Gasteiger partial charge is 0.326 e. The molecule has 118 valence electrons. The topological polar surface area (TPSA) is 45.5 Å². The molecule has 22 heavy (non-hydrogen) atoms. The van der Waals surface area contributed by atoms with Crippen molar-refractivity contribution in [2.45, 2.75) is 52.7 Å². The fraction of sp³-hybridized carbons (Fsp3) is 0.500. The first-order chi connectivity index (χ1) is 10.4. The van der Waals surface area contributed by atoms with Gasteiger partial charge in [-0.3, -0.25) is 4.90 Å². The van der Waals surface area contributed by atoms with Crippen LogP contribution in [0.25, 0.3) is 10.9 Å². The SMILES string of the molecule is Cc1ccc2c(c1)c1c(n2C(C)C(=O)O)CCN(C(C)C)C1. The zero-order chi connectivity index (χ0) is 16.0. The van der Waals surface area contributed by atoms with Crippen LogP contribution in [0.2, 0.25) is 0 Å². The average Bonchev–Trinajstić information content (AvgIpc) is 2.79. The summed E-state index contributed by atoms with van der Waals surface area (Å²) < 4.78 is 2.03. The van der Waals surface area contributed by atoms with Crippen molar-refractivity contribution in [3.8, 4) is 0 Å². The number of fused-ring (bicyclic) bond motifs is 3. The molecule has 0 aliphatic carbocycles. The Hall–Kier alpha value is -1.81. The van der Waals surface area contributed by atoms with Crippen molar-refractivity contribution < 1.29 is 9.90 Å². The molecule has 2 heterocycles. The number of carbonyl (C=O) groups is 1. The molecule has 1 atom stereocenters. The van der Waals surface area contributed by atoms with E-state index in [-0.39, 0.29) is 0 Å². The average molecular weight is 300 g/mol. The van der Waals surface area contributed by atoms with Crippen molar-refractivity contribution in [2.24, 2.45) is 0 Å². The van der Waals surface area contributed by atoms with Gasteiger partial charge in [0, 0.05) is 42.1 Å². The van der Waals surface area contributed by atoms with Gasteiger partial charge in [-0.2, -0.15) is 0 Å². The molecule has 1 aromatic carbocycles. The Morgan fingerprint density at radius 3 is 2.64 bits per heavy atom. The molecule has 0 amide bonds. The molecule has 0 bridgehead atoms. The first kappa shape index (κ1) is 15.1. The van der Waals surface area contributed by atoms with Gasteiger partial charge in [-0.1, -0.05) is 11.6 Å². The molecule has 4 nitrogen and oxygen atoms in total. The van der Waals surface area contributed by atoms with E-state index in [1.807, 2.05) is 4.57 Å². The van der Waals surface area contributed by atoms with Gasteiger partial charge in [0.25, 0.3) is 0 Å². The van der Waals surface area contributed by atoms with Crippen LogP contribution in [0.15, 0.2) is 18.2 Å². The summed E-state index contributed by atoms with van der Waals surface area (Å²) in [6.07, 6.45) is 0.916. The van der Waals surface area contributed by atoms with Crippen molar-refractivity contribution in [3.05, 3.63) is 35.0 Å². The number of benzene rings is 1. The van der Waals surface area contributed by atoms with Gasteiger partial charge in [0.2, 0.25) is 0 Å². The predicted octanol–water partition coefficient (Wildman–Crippen LogP) is 3.36. The number of aryl methyl sites for hydroxylation is 1. The van der Waals surface area contributed by atoms with Gasteiger partial charge < -0.3 is 9.67 Å². The third-order valence-electron chi connectivity index (χ3n) is 4.85. The van der Waals surface area contributed by atoms with E-state index < -0.39 is 12.0 Å². The molecule has 4 heteroatoms. The zero-order valence-electron chi connectivity index (χ0n) is 13.8. The number of hydrogen-bond acceptors (Lipinski definition) is 2. The molecular formula is C18H24N2O2. The molecule has 0 spiro atoms. The maximum Gasteiger partial charge on any atom is 0.326 e. The third kappa shape index (κ3) is 2.31. The van der Waals surface area contributed by atoms with Crippen molar-refractivity contribution >= 4 is 16.9 Å². The highest BCUT2D eigenvalue weighted by atomic mass is 16.4. The van der Waals surface area contributed by atoms with Crippen molar-refractivity contribution in [1.29, 1.82) is 0 Å². The Morgan fingerprint density at radius 1 is 1.27 bits per heavy atom. The second-order valence-corrected chi connectivity index (χ2v) is 6.64. The molecule has 0 saturated carbocycles. The van der Waals surface area contributed by atoms with E-state index in [0.29, 0.717) is 6.04 Å². The lowest BCUT2D eigenvalue weighted by atomic mass is 10.0. The minimum Gasteiger partial charge on any atom is -0.480 e. The van der Waals surface area contributed by atoms with Gasteiger partial charge in [0.05, 0.1) is 0 Å². The normalized spacial score (nSPS) is 17.0. The quantitative estimate of drug-likeness (QED) is 0.945. The van der Waals surface area contributed by atoms with Gasteiger partial charge >= 0.3 is 5.97 Å². The van der Waals surface area contributed by atoms with Crippen LogP contribution in [0, 0.1) is 6.92 Å². The van der Waals surface area contributed by atoms with E-state index in [9.17, 15) is 9.90 Å². The predicted molar refractivity (Wildman–Crippen MR) is 88.3 cm³/mol. The number of hydrogen-bond donors (Lipinski definition) is 1. The molecule has 1 unspecified atom stereocenters. The summed E-state index contributed by atoms with van der Waals surface area (Å²) in [4.78, 5) is 14.0. The Kier molecular flexibility index (Phi) is 3.73. The van der Waals surface area contributed by atoms with Gasteiger partial charge in [-0.15, -0.1) is 0 Å². The van der Waals surface area contributed by atoms with E-state index in [4.69, 9.17) is 0 Å². The number of aliphatic carboxylic acids is 1. The molecule has 0 radical (unpaired) electrons. The Labute approximate surface area is 131 Å². The summed E-state index contributed by atoms with van der Waals surface area (Å²) in [6.45, 7) is 10.2. The maximum absolute atomic E-state index is 11.5. The largest absolute Gasteiger partial charge is 0.480 e. The summed E-state index contributed by atoms with van der Waals surface area (Å²) >= 11 is 0. The van der Waals surface area contributed by atoms with E-state index in [2.05, 4.69) is 43.9 Å². The minimum atomic E-state index is -0.772. The molecule has 1 N–H and O–H groups in total. The first-order valence-electron chi connectivity index (χ1n) is 7.99. The fourth-order valence-electron chi connectivity index (χ4n) is 3.52. The van der Waals surface area contributed by atoms with E-state index in [1.165, 1.54) is 22.2 Å². The lowest BCUT2D eigenvalue weighted by Crippen LogP contribution is -2.36. The summed E-state index contributed by atoms with van der Waals surface area (Å²) in [5.74, 6) is -0.772. The fourth-order valence-corrected chi connectivity index (χ4v) is 3.52. The van der Waals surface area contributed by atoms with Gasteiger partial charge in [0.1, 0.15) is 6.04 Å². The molecule has 1 aliphatic heterocycles. The van der Waals surface area contributed by atoms with Gasteiger partial charge in [-0.05, 0) is 45.4 Å². The molecule has 0 saturated heterocycles. The highest BCUT2D eigenvalue weighted by molar-refractivity contribution is 5.88. The van der Waals surface area contributed by atoms with Crippen LogP contribution < -0.4 is 0 Å². The van der Waals surface area contributed by atoms with Crippen LogP contribution in [0.5, 0.6) is 0 Å². The van der Waals surface area contributed by atoms with Crippen LogP contribution in [-0.2, 0) is 17.8 Å². The second-order valence-electron chi connectivity index (χ2n) is 6.64. The molecule has 3 rings (SSSR count). The van der Waals surface area contributed by atoms with E-state index in [0.717, 1.165) is 25.0 Å². The van der Waals surface area contributed by atoms with Crippen LogP contribution >= 0.6 is 0 Å². The van der Waals surface area contributed by atoms with E-state index in [1.54, 1.807) is 6.92 Å². The lowest BCUT2D eigenvalue weighted by molar-refractivity contribution is -0.140. The Bertz CT molecular complexity index is 730. The first-order valence-corrected chi connectivity index (χ1v) is 7.99. The van der Waals surface area contributed by atoms with Crippen molar-refractivity contribution in [1.82, 2.24) is 9.47 Å². The van der Waals surface area contributed by atoms with Crippen LogP contribution in [0.4, 0.5) is 0 Å². The standard InChI is InChI=1S/C18H24N2O2/c1-11(2)19-8-7-17-15(10-19)14-9-12(3)5-6-16(14)20(17)13(4)18(21)22/h5-6,9,11,13H,7-8,10H2,1-4H3,(H,21,22). The summed E-state index contributed by atoms with van der Waals surface area (Å²) in [6, 6.07) is 6.32. The number of carboxylic acid groups (broad SMARTS) is 1. The van der Waals surface area contributed by atoms with Crippen LogP contribution in [0.1, 0.15) is 43.6 Å². The number of carboxylic acids is 1. The monoisotopic (exact) mass is 300 g/mol. The molecule has 2 aromatic rings. The molecule has 0 fully saturated rings. The number of aromatic nitrogens is 1.